The van der Waals surface area contributed by atoms with Crippen molar-refractivity contribution in [1.82, 2.24) is 14.9 Å². The van der Waals surface area contributed by atoms with Crippen molar-refractivity contribution in [2.24, 2.45) is 5.92 Å². The van der Waals surface area contributed by atoms with Gasteiger partial charge in [-0.05, 0) is 37.8 Å². The Morgan fingerprint density at radius 1 is 1.17 bits per heavy atom. The lowest BCUT2D eigenvalue weighted by molar-refractivity contribution is -0.182. The van der Waals surface area contributed by atoms with Crippen LogP contribution in [0.25, 0.3) is 11.3 Å². The molecular formula is C22H28N4O3S. The molecule has 2 aromatic rings. The Kier molecular flexibility index (Phi) is 7.09. The summed E-state index contributed by atoms with van der Waals surface area (Å²) in [5.74, 6) is -0.0882. The molecule has 7 nitrogen and oxygen atoms in total. The first-order chi connectivity index (χ1) is 14.7. The van der Waals surface area contributed by atoms with Crippen LogP contribution in [0.2, 0.25) is 0 Å². The number of piperidine rings is 1. The lowest BCUT2D eigenvalue weighted by atomic mass is 9.96. The molecule has 4 rings (SSSR count). The van der Waals surface area contributed by atoms with Gasteiger partial charge in [-0.15, -0.1) is 11.3 Å². The van der Waals surface area contributed by atoms with Gasteiger partial charge < -0.3 is 10.2 Å². The Morgan fingerprint density at radius 3 is 2.77 bits per heavy atom. The van der Waals surface area contributed by atoms with Crippen LogP contribution in [0.1, 0.15) is 32.1 Å². The number of carbonyl (C=O) groups excluding carboxylic acids is 2. The fraction of sp³-hybridized carbons (Fsp3) is 0.500. The Morgan fingerprint density at radius 2 is 2.03 bits per heavy atom. The van der Waals surface area contributed by atoms with Crippen LogP contribution in [0.15, 0.2) is 35.2 Å². The fourth-order valence-electron chi connectivity index (χ4n) is 3.94. The highest BCUT2D eigenvalue weighted by Crippen LogP contribution is 2.23. The van der Waals surface area contributed by atoms with Crippen LogP contribution in [0.5, 0.6) is 0 Å². The fourth-order valence-corrected chi connectivity index (χ4v) is 4.51. The second-order valence-corrected chi connectivity index (χ2v) is 8.56. The highest BCUT2D eigenvalue weighted by Gasteiger charge is 2.28. The molecule has 160 valence electrons. The molecule has 0 saturated carbocycles. The first-order valence-corrected chi connectivity index (χ1v) is 11.6. The number of nitrogens with one attached hydrogen (secondary N) is 1. The zero-order valence-electron chi connectivity index (χ0n) is 17.1. The van der Waals surface area contributed by atoms with Gasteiger partial charge in [0.2, 0.25) is 11.8 Å². The molecule has 2 saturated heterocycles. The third-order valence-electron chi connectivity index (χ3n) is 5.68. The summed E-state index contributed by atoms with van der Waals surface area (Å²) in [4.78, 5) is 37.1. The van der Waals surface area contributed by atoms with Gasteiger partial charge in [0.1, 0.15) is 0 Å². The van der Waals surface area contributed by atoms with Crippen LogP contribution in [-0.4, -0.2) is 59.5 Å². The highest BCUT2D eigenvalue weighted by atomic mass is 32.1. The number of benzene rings is 1. The van der Waals surface area contributed by atoms with Gasteiger partial charge in [-0.3, -0.25) is 14.4 Å². The van der Waals surface area contributed by atoms with Gasteiger partial charge in [0.25, 0.3) is 0 Å². The van der Waals surface area contributed by atoms with E-state index in [1.165, 1.54) is 0 Å². The molecule has 2 aliphatic rings. The van der Waals surface area contributed by atoms with Gasteiger partial charge in [0.15, 0.2) is 0 Å². The Bertz CT molecular complexity index is 835. The van der Waals surface area contributed by atoms with Crippen LogP contribution < -0.4 is 5.32 Å². The smallest absolute Gasteiger partial charge is 0.229 e. The molecule has 1 aromatic carbocycles. The number of hydrogen-bond donors (Lipinski definition) is 1. The molecule has 8 heteroatoms. The Balaban J connectivity index is 1.27. The van der Waals surface area contributed by atoms with E-state index in [1.54, 1.807) is 16.8 Å². The van der Waals surface area contributed by atoms with Crippen LogP contribution >= 0.6 is 11.3 Å². The minimum Gasteiger partial charge on any atom is -0.342 e. The summed E-state index contributed by atoms with van der Waals surface area (Å²) in [5, 5.41) is 6.90. The number of rotatable bonds is 6. The quantitative estimate of drug-likeness (QED) is 0.763. The zero-order valence-corrected chi connectivity index (χ0v) is 17.9. The first-order valence-electron chi connectivity index (χ1n) is 10.6. The third kappa shape index (κ3) is 5.44. The molecular weight excluding hydrogens is 400 g/mol. The normalized spacial score (nSPS) is 20.1. The van der Waals surface area contributed by atoms with Crippen LogP contribution in [0.3, 0.4) is 0 Å². The summed E-state index contributed by atoms with van der Waals surface area (Å²) in [5.41, 5.74) is 4.54. The van der Waals surface area contributed by atoms with Crippen molar-refractivity contribution in [2.75, 3.05) is 38.1 Å². The number of thiazole rings is 1. The van der Waals surface area contributed by atoms with E-state index < -0.39 is 0 Å². The molecule has 0 unspecified atom stereocenters. The average Bonchev–Trinajstić information content (AvgIpc) is 3.34. The number of amides is 2. The van der Waals surface area contributed by atoms with Gasteiger partial charge in [-0.1, -0.05) is 12.1 Å². The molecule has 30 heavy (non-hydrogen) atoms. The SMILES string of the molecule is O=C(Nc1ccc(-c2cscn2)cc1)[C@H]1CCCN(C(=O)CCN2CCCCO2)C1. The van der Waals surface area contributed by atoms with E-state index in [2.05, 4.69) is 10.3 Å². The summed E-state index contributed by atoms with van der Waals surface area (Å²) < 4.78 is 0. The molecule has 2 aliphatic heterocycles. The maximum atomic E-state index is 12.8. The average molecular weight is 429 g/mol. The molecule has 1 aromatic heterocycles. The molecule has 2 amide bonds. The van der Waals surface area contributed by atoms with Gasteiger partial charge in [-0.25, -0.2) is 4.98 Å². The predicted molar refractivity (Wildman–Crippen MR) is 117 cm³/mol. The maximum absolute atomic E-state index is 12.8. The van der Waals surface area contributed by atoms with Crippen molar-refractivity contribution in [3.63, 3.8) is 0 Å². The van der Waals surface area contributed by atoms with Crippen molar-refractivity contribution in [2.45, 2.75) is 32.1 Å². The number of hydrogen-bond acceptors (Lipinski definition) is 6. The molecule has 0 aliphatic carbocycles. The zero-order chi connectivity index (χ0) is 20.8. The van der Waals surface area contributed by atoms with Gasteiger partial charge in [-0.2, -0.15) is 5.06 Å². The molecule has 1 atom stereocenters. The van der Waals surface area contributed by atoms with E-state index in [9.17, 15) is 9.59 Å². The summed E-state index contributed by atoms with van der Waals surface area (Å²) in [7, 11) is 0. The van der Waals surface area contributed by atoms with E-state index in [4.69, 9.17) is 4.84 Å². The summed E-state index contributed by atoms with van der Waals surface area (Å²) in [6.07, 6.45) is 4.30. The van der Waals surface area contributed by atoms with E-state index in [0.29, 0.717) is 19.5 Å². The predicted octanol–water partition coefficient (Wildman–Crippen LogP) is 3.40. The van der Waals surface area contributed by atoms with Crippen molar-refractivity contribution in [1.29, 1.82) is 0 Å². The van der Waals surface area contributed by atoms with Crippen LogP contribution in [0.4, 0.5) is 5.69 Å². The molecule has 0 radical (unpaired) electrons. The van der Waals surface area contributed by atoms with Crippen molar-refractivity contribution in [3.8, 4) is 11.3 Å². The summed E-state index contributed by atoms with van der Waals surface area (Å²) >= 11 is 1.56. The largest absolute Gasteiger partial charge is 0.342 e. The lowest BCUT2D eigenvalue weighted by Gasteiger charge is -2.33. The summed E-state index contributed by atoms with van der Waals surface area (Å²) in [6.45, 7) is 3.47. The van der Waals surface area contributed by atoms with Gasteiger partial charge in [0, 0.05) is 49.2 Å². The summed E-state index contributed by atoms with van der Waals surface area (Å²) in [6, 6.07) is 7.72. The van der Waals surface area contributed by atoms with E-state index >= 15 is 0 Å². The molecule has 0 spiro atoms. The second kappa shape index (κ2) is 10.1. The molecule has 1 N–H and O–H groups in total. The van der Waals surface area contributed by atoms with Crippen LogP contribution in [0, 0.1) is 5.92 Å². The topological polar surface area (TPSA) is 74.8 Å². The number of aromatic nitrogens is 1. The first kappa shape index (κ1) is 21.0. The molecule has 0 bridgehead atoms. The Hall–Kier alpha value is -2.29. The Labute approximate surface area is 181 Å². The minimum atomic E-state index is -0.174. The minimum absolute atomic E-state index is 0.0201. The van der Waals surface area contributed by atoms with Gasteiger partial charge >= 0.3 is 0 Å². The number of likely N-dealkylation sites (tertiary alicyclic amines) is 1. The number of nitrogens with zero attached hydrogens (tertiary/aromatic N) is 3. The molecule has 2 fully saturated rings. The van der Waals surface area contributed by atoms with Gasteiger partial charge in [0.05, 0.1) is 23.7 Å². The number of carbonyl (C=O) groups is 2. The molecule has 3 heterocycles. The maximum Gasteiger partial charge on any atom is 0.229 e. The third-order valence-corrected chi connectivity index (χ3v) is 6.26. The van der Waals surface area contributed by atoms with Crippen molar-refractivity contribution < 1.29 is 14.4 Å². The van der Waals surface area contributed by atoms with Crippen molar-refractivity contribution >= 4 is 28.8 Å². The number of hydroxylamine groups is 2. The second-order valence-electron chi connectivity index (χ2n) is 7.84. The lowest BCUT2D eigenvalue weighted by Crippen LogP contribution is -2.44. The standard InChI is InChI=1S/C22H28N4O3S/c27-21(9-12-26-11-1-2-13-29-26)25-10-3-4-18(14-25)22(28)24-19-7-5-17(6-8-19)20-15-30-16-23-20/h5-8,15-16,18H,1-4,9-14H2,(H,24,28)/t18-/m0/s1. The number of anilines is 1. The van der Waals surface area contributed by atoms with E-state index in [-0.39, 0.29) is 17.7 Å². The highest BCUT2D eigenvalue weighted by molar-refractivity contribution is 7.07. The van der Waals surface area contributed by atoms with Crippen molar-refractivity contribution in [3.05, 3.63) is 35.2 Å². The van der Waals surface area contributed by atoms with E-state index in [0.717, 1.165) is 62.3 Å². The van der Waals surface area contributed by atoms with E-state index in [1.807, 2.05) is 39.6 Å². The monoisotopic (exact) mass is 428 g/mol. The van der Waals surface area contributed by atoms with Crippen LogP contribution in [-0.2, 0) is 14.4 Å².